The van der Waals surface area contributed by atoms with Gasteiger partial charge in [0.15, 0.2) is 0 Å². The minimum Gasteiger partial charge on any atom is -0.493 e. The van der Waals surface area contributed by atoms with Crippen LogP contribution in [0.5, 0.6) is 11.6 Å². The summed E-state index contributed by atoms with van der Waals surface area (Å²) in [5.41, 5.74) is 8.00. The lowest BCUT2D eigenvalue weighted by Gasteiger charge is -2.39. The van der Waals surface area contributed by atoms with Crippen molar-refractivity contribution < 1.29 is 32.5 Å². The zero-order valence-corrected chi connectivity index (χ0v) is 27.6. The average Bonchev–Trinajstić information content (AvgIpc) is 3.69. The number of aliphatic carboxylic acids is 1. The van der Waals surface area contributed by atoms with Gasteiger partial charge in [0.1, 0.15) is 17.6 Å². The van der Waals surface area contributed by atoms with Crippen molar-refractivity contribution in [2.24, 2.45) is 11.3 Å². The van der Waals surface area contributed by atoms with Gasteiger partial charge < -0.3 is 30.5 Å². The zero-order valence-electron chi connectivity index (χ0n) is 27.6. The summed E-state index contributed by atoms with van der Waals surface area (Å²) < 4.78 is 57.6. The molecule has 0 aliphatic carbocycles. The lowest BCUT2D eigenvalue weighted by molar-refractivity contribution is -0.198. The van der Waals surface area contributed by atoms with Gasteiger partial charge in [0.05, 0.1) is 18.0 Å². The van der Waals surface area contributed by atoms with Crippen LogP contribution in [-0.4, -0.2) is 69.3 Å². The third kappa shape index (κ3) is 7.74. The topological polar surface area (TPSA) is 141 Å². The first kappa shape index (κ1) is 34.0. The van der Waals surface area contributed by atoms with Crippen LogP contribution in [0.2, 0.25) is 0 Å². The molecule has 0 amide bonds. The standard InChI is InChI=1S/C35H40F3N7O4/c1-21(2)19-48-25-7-4-23(5-8-25)24-6-9-26(28(16-24)45-13-10-22(3)43-45)31(35(36,37)38)49-30-17-29(41-33(39)42-30)44-14-11-34(12-15-44)18-27(32(46)47)40-20-34/h4-10,13,16-17,21,27,31,40H,11-12,14-15,18-20H2,1-3H3,(H,46,47)(H2,39,41,42)/t27-,31?/m0/s1. The van der Waals surface area contributed by atoms with E-state index in [1.165, 1.54) is 16.8 Å². The van der Waals surface area contributed by atoms with Gasteiger partial charge in [0, 0.05) is 37.5 Å². The van der Waals surface area contributed by atoms with Gasteiger partial charge in [-0.05, 0) is 72.9 Å². The van der Waals surface area contributed by atoms with Gasteiger partial charge in [-0.3, -0.25) is 4.79 Å². The van der Waals surface area contributed by atoms with Gasteiger partial charge in [0.2, 0.25) is 17.9 Å². The molecule has 4 heterocycles. The maximum absolute atomic E-state index is 14.9. The number of aryl methyl sites for hydroxylation is 1. The minimum atomic E-state index is -4.83. The van der Waals surface area contributed by atoms with Crippen LogP contribution in [0.25, 0.3) is 16.8 Å². The molecule has 2 atom stereocenters. The third-order valence-corrected chi connectivity index (χ3v) is 9.10. The van der Waals surface area contributed by atoms with E-state index in [0.29, 0.717) is 74.2 Å². The predicted octanol–water partition coefficient (Wildman–Crippen LogP) is 5.97. The molecule has 0 radical (unpaired) electrons. The lowest BCUT2D eigenvalue weighted by Crippen LogP contribution is -2.41. The molecule has 0 saturated carbocycles. The van der Waals surface area contributed by atoms with Crippen molar-refractivity contribution in [2.75, 3.05) is 36.9 Å². The Bertz CT molecular complexity index is 1790. The second-order valence-electron chi connectivity index (χ2n) is 13.3. The summed E-state index contributed by atoms with van der Waals surface area (Å²) in [6.07, 6.45) is -3.71. The summed E-state index contributed by atoms with van der Waals surface area (Å²) in [5.74, 6) is 0.00758. The van der Waals surface area contributed by atoms with Gasteiger partial charge >= 0.3 is 12.1 Å². The Morgan fingerprint density at radius 3 is 2.41 bits per heavy atom. The van der Waals surface area contributed by atoms with Crippen molar-refractivity contribution in [3.05, 3.63) is 72.1 Å². The van der Waals surface area contributed by atoms with E-state index in [0.717, 1.165) is 5.56 Å². The molecule has 4 N–H and O–H groups in total. The Labute approximate surface area is 282 Å². The summed E-state index contributed by atoms with van der Waals surface area (Å²) in [5, 5.41) is 16.9. The average molecular weight is 680 g/mol. The molecule has 11 nitrogen and oxygen atoms in total. The number of nitrogens with one attached hydrogen (secondary N) is 1. The van der Waals surface area contributed by atoms with E-state index in [2.05, 4.69) is 34.2 Å². The van der Waals surface area contributed by atoms with E-state index in [1.54, 1.807) is 31.3 Å². The van der Waals surface area contributed by atoms with Crippen LogP contribution in [0, 0.1) is 18.3 Å². The van der Waals surface area contributed by atoms with Gasteiger partial charge in [0.25, 0.3) is 0 Å². The van der Waals surface area contributed by atoms with Crippen LogP contribution < -0.4 is 25.4 Å². The number of benzene rings is 2. The molecule has 2 aliphatic heterocycles. The minimum absolute atomic E-state index is 0.156. The molecule has 14 heteroatoms. The number of piperidine rings is 1. The molecule has 2 aliphatic rings. The number of nitrogen functional groups attached to an aromatic ring is 1. The number of nitrogens with two attached hydrogens (primary N) is 1. The Kier molecular flexibility index (Phi) is 9.43. The molecule has 4 aromatic rings. The summed E-state index contributed by atoms with van der Waals surface area (Å²) in [7, 11) is 0. The SMILES string of the molecule is Cc1ccn(-c2cc(-c3ccc(OCC(C)C)cc3)ccc2C(Oc2cc(N3CCC4(CC3)CN[C@H](C(=O)O)C4)nc(N)n2)C(F)(F)F)n1. The number of nitrogens with zero attached hydrogens (tertiary/aromatic N) is 5. The van der Waals surface area contributed by atoms with E-state index in [9.17, 15) is 23.1 Å². The zero-order chi connectivity index (χ0) is 34.9. The quantitative estimate of drug-likeness (QED) is 0.184. The highest BCUT2D eigenvalue weighted by molar-refractivity contribution is 5.74. The van der Waals surface area contributed by atoms with Crippen molar-refractivity contribution in [1.29, 1.82) is 0 Å². The first-order valence-corrected chi connectivity index (χ1v) is 16.3. The largest absolute Gasteiger partial charge is 0.493 e. The third-order valence-electron chi connectivity index (χ3n) is 9.10. The van der Waals surface area contributed by atoms with E-state index in [1.807, 2.05) is 29.2 Å². The van der Waals surface area contributed by atoms with Crippen molar-refractivity contribution in [3.8, 4) is 28.4 Å². The Balaban J connectivity index is 1.28. The van der Waals surface area contributed by atoms with Crippen LogP contribution in [0.15, 0.2) is 60.8 Å². The number of carboxylic acids is 1. The van der Waals surface area contributed by atoms with Crippen molar-refractivity contribution >= 4 is 17.7 Å². The molecule has 2 aromatic heterocycles. The summed E-state index contributed by atoms with van der Waals surface area (Å²) >= 11 is 0. The molecule has 49 heavy (non-hydrogen) atoms. The first-order chi connectivity index (χ1) is 23.3. The fourth-order valence-electron chi connectivity index (χ4n) is 6.46. The molecule has 1 unspecified atom stereocenters. The number of aromatic nitrogens is 4. The van der Waals surface area contributed by atoms with Crippen LogP contribution in [0.1, 0.15) is 50.5 Å². The fourth-order valence-corrected chi connectivity index (χ4v) is 6.46. The van der Waals surface area contributed by atoms with Crippen LogP contribution in [-0.2, 0) is 4.79 Å². The van der Waals surface area contributed by atoms with E-state index in [4.69, 9.17) is 15.2 Å². The molecular weight excluding hydrogens is 639 g/mol. The highest BCUT2D eigenvalue weighted by Gasteiger charge is 2.46. The Morgan fingerprint density at radius 1 is 1.08 bits per heavy atom. The molecule has 2 saturated heterocycles. The van der Waals surface area contributed by atoms with Gasteiger partial charge in [-0.15, -0.1) is 0 Å². The molecular formula is C35H40F3N7O4. The van der Waals surface area contributed by atoms with Crippen LogP contribution >= 0.6 is 0 Å². The summed E-state index contributed by atoms with van der Waals surface area (Å²) in [6, 6.07) is 14.6. The molecule has 260 valence electrons. The summed E-state index contributed by atoms with van der Waals surface area (Å²) in [6.45, 7) is 8.10. The molecule has 1 spiro atoms. The van der Waals surface area contributed by atoms with E-state index in [-0.39, 0.29) is 28.5 Å². The number of hydrogen-bond acceptors (Lipinski definition) is 9. The number of alkyl halides is 3. The smallest absolute Gasteiger partial charge is 0.429 e. The van der Waals surface area contributed by atoms with Crippen molar-refractivity contribution in [2.45, 2.75) is 58.4 Å². The Morgan fingerprint density at radius 2 is 1.80 bits per heavy atom. The normalized spacial score (nSPS) is 18.2. The van der Waals surface area contributed by atoms with Crippen LogP contribution in [0.4, 0.5) is 24.9 Å². The number of carbonyl (C=O) groups is 1. The highest BCUT2D eigenvalue weighted by Crippen LogP contribution is 2.43. The maximum atomic E-state index is 14.9. The monoisotopic (exact) mass is 679 g/mol. The maximum Gasteiger partial charge on any atom is 0.429 e. The van der Waals surface area contributed by atoms with Crippen molar-refractivity contribution in [1.82, 2.24) is 25.1 Å². The number of hydrogen-bond donors (Lipinski definition) is 3. The fraction of sp³-hybridized carbons (Fsp3) is 0.429. The number of halogens is 3. The molecule has 2 fully saturated rings. The Hall–Kier alpha value is -4.85. The van der Waals surface area contributed by atoms with Crippen molar-refractivity contribution in [3.63, 3.8) is 0 Å². The first-order valence-electron chi connectivity index (χ1n) is 16.3. The predicted molar refractivity (Wildman–Crippen MR) is 178 cm³/mol. The van der Waals surface area contributed by atoms with E-state index >= 15 is 0 Å². The molecule has 2 aromatic carbocycles. The lowest BCUT2D eigenvalue weighted by atomic mass is 9.76. The number of carboxylic acid groups (broad SMARTS) is 1. The number of rotatable bonds is 10. The molecule has 0 bridgehead atoms. The second-order valence-corrected chi connectivity index (χ2v) is 13.3. The highest BCUT2D eigenvalue weighted by atomic mass is 19.4. The van der Waals surface area contributed by atoms with Gasteiger partial charge in [-0.1, -0.05) is 38.1 Å². The number of anilines is 2. The summed E-state index contributed by atoms with van der Waals surface area (Å²) in [4.78, 5) is 21.7. The van der Waals surface area contributed by atoms with E-state index < -0.39 is 24.3 Å². The molecule has 6 rings (SSSR count). The van der Waals surface area contributed by atoms with Gasteiger partial charge in [-0.25, -0.2) is 4.68 Å². The second kappa shape index (κ2) is 13.6. The van der Waals surface area contributed by atoms with Gasteiger partial charge in [-0.2, -0.15) is 28.2 Å². The van der Waals surface area contributed by atoms with Crippen LogP contribution in [0.3, 0.4) is 0 Å². The number of ether oxygens (including phenoxy) is 2.